The number of carbonyl (C=O) groups is 3. The summed E-state index contributed by atoms with van der Waals surface area (Å²) in [7, 11) is 0. The second-order valence-electron chi connectivity index (χ2n) is 16.2. The molecule has 5 nitrogen and oxygen atoms in total. The third kappa shape index (κ3) is 4.05. The Morgan fingerprint density at radius 2 is 1.68 bits per heavy atom. The minimum Gasteiger partial charge on any atom is -0.350 e. The van der Waals surface area contributed by atoms with Crippen molar-refractivity contribution in [1.82, 2.24) is 5.32 Å². The summed E-state index contributed by atoms with van der Waals surface area (Å²) >= 11 is 0. The summed E-state index contributed by atoms with van der Waals surface area (Å²) in [6.45, 7) is 15.8. The molecule has 7 atom stereocenters. The zero-order chi connectivity index (χ0) is 30.6. The molecule has 0 aromatic rings. The van der Waals surface area contributed by atoms with E-state index in [2.05, 4.69) is 46.0 Å². The number of Topliss-reactive ketones (excluding diaryl/α,β-unsaturated/α-hetero) is 1. The number of halogens is 2. The first-order valence-corrected chi connectivity index (χ1v) is 15.3. The van der Waals surface area contributed by atoms with Crippen LogP contribution in [0.1, 0.15) is 100 Å². The van der Waals surface area contributed by atoms with Gasteiger partial charge in [-0.15, -0.1) is 0 Å². The number of nitriles is 1. The fraction of sp³-hybridized carbons (Fsp3) is 0.765. The normalized spacial score (nSPS) is 42.8. The number of fused-ring (bicyclic) bond motifs is 7. The highest BCUT2D eigenvalue weighted by molar-refractivity contribution is 6.04. The third-order valence-electron chi connectivity index (χ3n) is 13.0. The minimum absolute atomic E-state index is 0.00186. The fourth-order valence-corrected chi connectivity index (χ4v) is 10.5. The SMILES string of the molecule is CC1(C)CC[C@]2(CNC(=O)C(C)(F)F)CC[C@]3(C)[C@H](C(=O)C=C4[C@@]5(C)C=C(C#N)C(=O)C(C)(C)C5CC[C@]43C)[C@@H]2C1. The van der Waals surface area contributed by atoms with Gasteiger partial charge in [0.05, 0.1) is 5.57 Å². The van der Waals surface area contributed by atoms with E-state index in [1.54, 1.807) is 0 Å². The quantitative estimate of drug-likeness (QED) is 0.398. The molecule has 0 radical (unpaired) electrons. The van der Waals surface area contributed by atoms with E-state index in [1.807, 2.05) is 26.0 Å². The average Bonchev–Trinajstić information content (AvgIpc) is 2.86. The molecule has 0 heterocycles. The molecule has 3 saturated carbocycles. The summed E-state index contributed by atoms with van der Waals surface area (Å²) < 4.78 is 27.7. The average molecular weight is 569 g/mol. The number of rotatable bonds is 3. The molecule has 7 heteroatoms. The highest BCUT2D eigenvalue weighted by Crippen LogP contribution is 2.74. The number of ketones is 2. The summed E-state index contributed by atoms with van der Waals surface area (Å²) in [5, 5.41) is 12.5. The number of amides is 1. The summed E-state index contributed by atoms with van der Waals surface area (Å²) in [5.41, 5.74) is -1.22. The lowest BCUT2D eigenvalue weighted by Gasteiger charge is -2.69. The van der Waals surface area contributed by atoms with Crippen molar-refractivity contribution >= 4 is 17.5 Å². The summed E-state index contributed by atoms with van der Waals surface area (Å²) in [4.78, 5) is 40.0. The number of allylic oxidation sites excluding steroid dienone is 4. The lowest BCUT2D eigenvalue weighted by molar-refractivity contribution is -0.172. The number of nitrogens with one attached hydrogen (secondary N) is 1. The largest absolute Gasteiger partial charge is 0.350 e. The van der Waals surface area contributed by atoms with Gasteiger partial charge in [0.15, 0.2) is 11.6 Å². The van der Waals surface area contributed by atoms with E-state index >= 15 is 0 Å². The van der Waals surface area contributed by atoms with Gasteiger partial charge in [-0.3, -0.25) is 14.4 Å². The van der Waals surface area contributed by atoms with Gasteiger partial charge in [0.1, 0.15) is 6.07 Å². The Bertz CT molecular complexity index is 1320. The molecule has 1 unspecified atom stereocenters. The van der Waals surface area contributed by atoms with E-state index in [4.69, 9.17) is 0 Å². The van der Waals surface area contributed by atoms with Gasteiger partial charge < -0.3 is 5.32 Å². The fourth-order valence-electron chi connectivity index (χ4n) is 10.5. The third-order valence-corrected chi connectivity index (χ3v) is 13.0. The van der Waals surface area contributed by atoms with Crippen LogP contribution in [0.2, 0.25) is 0 Å². The Kier molecular flexibility index (Phi) is 6.49. The van der Waals surface area contributed by atoms with Crippen LogP contribution in [0.25, 0.3) is 0 Å². The maximum Gasteiger partial charge on any atom is 0.321 e. The highest BCUT2D eigenvalue weighted by atomic mass is 19.3. The number of nitrogens with zero attached hydrogens (tertiary/aromatic N) is 1. The predicted molar refractivity (Wildman–Crippen MR) is 153 cm³/mol. The van der Waals surface area contributed by atoms with Crippen LogP contribution in [0, 0.1) is 61.6 Å². The van der Waals surface area contributed by atoms with Crippen molar-refractivity contribution in [3.8, 4) is 6.07 Å². The number of hydrogen-bond acceptors (Lipinski definition) is 4. The van der Waals surface area contributed by atoms with E-state index in [-0.39, 0.29) is 57.7 Å². The van der Waals surface area contributed by atoms with Gasteiger partial charge in [0.25, 0.3) is 5.91 Å². The highest BCUT2D eigenvalue weighted by Gasteiger charge is 2.69. The second kappa shape index (κ2) is 8.83. The van der Waals surface area contributed by atoms with Gasteiger partial charge in [0, 0.05) is 30.2 Å². The Hall–Kier alpha value is -2.36. The van der Waals surface area contributed by atoms with Gasteiger partial charge in [-0.1, -0.05) is 60.1 Å². The molecule has 0 bridgehead atoms. The number of hydrogen-bond donors (Lipinski definition) is 1. The van der Waals surface area contributed by atoms with Crippen molar-refractivity contribution < 1.29 is 23.2 Å². The van der Waals surface area contributed by atoms with Crippen LogP contribution in [0.3, 0.4) is 0 Å². The monoisotopic (exact) mass is 568 g/mol. The lowest BCUT2D eigenvalue weighted by Crippen LogP contribution is -2.66. The van der Waals surface area contributed by atoms with E-state index in [0.29, 0.717) is 6.92 Å². The van der Waals surface area contributed by atoms with E-state index in [1.165, 1.54) is 0 Å². The topological polar surface area (TPSA) is 87.0 Å². The molecule has 0 spiro atoms. The molecule has 5 rings (SSSR count). The van der Waals surface area contributed by atoms with Crippen molar-refractivity contribution in [2.45, 2.75) is 106 Å². The smallest absolute Gasteiger partial charge is 0.321 e. The molecule has 0 aromatic heterocycles. The first kappa shape index (κ1) is 30.1. The van der Waals surface area contributed by atoms with Crippen molar-refractivity contribution in [1.29, 1.82) is 5.26 Å². The Morgan fingerprint density at radius 3 is 2.29 bits per heavy atom. The molecule has 3 fully saturated rings. The molecular weight excluding hydrogens is 522 g/mol. The minimum atomic E-state index is -3.45. The van der Waals surface area contributed by atoms with Crippen LogP contribution in [0.5, 0.6) is 0 Å². The Morgan fingerprint density at radius 1 is 1.05 bits per heavy atom. The zero-order valence-electron chi connectivity index (χ0n) is 26.0. The maximum absolute atomic E-state index is 14.5. The van der Waals surface area contributed by atoms with Crippen molar-refractivity contribution in [2.75, 3.05) is 6.54 Å². The molecule has 224 valence electrons. The van der Waals surface area contributed by atoms with Crippen molar-refractivity contribution in [3.05, 3.63) is 23.3 Å². The molecule has 5 aliphatic carbocycles. The molecule has 0 saturated heterocycles. The van der Waals surface area contributed by atoms with E-state index in [0.717, 1.165) is 50.5 Å². The molecule has 0 aromatic carbocycles. The van der Waals surface area contributed by atoms with Gasteiger partial charge in [-0.2, -0.15) is 14.0 Å². The van der Waals surface area contributed by atoms with Crippen LogP contribution >= 0.6 is 0 Å². The van der Waals surface area contributed by atoms with Crippen molar-refractivity contribution in [3.63, 3.8) is 0 Å². The number of alkyl halides is 2. The summed E-state index contributed by atoms with van der Waals surface area (Å²) in [6.07, 6.45) is 9.39. The Balaban J connectivity index is 1.62. The maximum atomic E-state index is 14.5. The molecular formula is C34H46F2N2O3. The van der Waals surface area contributed by atoms with Crippen LogP contribution in [0.4, 0.5) is 8.78 Å². The second-order valence-corrected chi connectivity index (χ2v) is 16.2. The predicted octanol–water partition coefficient (Wildman–Crippen LogP) is 6.98. The Labute approximate surface area is 243 Å². The summed E-state index contributed by atoms with van der Waals surface area (Å²) in [5.74, 6) is -5.11. The standard InChI is InChI=1S/C34H46F2N2O3/c1-28(2)11-13-34(19-38-27(41)33(8,35)36)14-12-32(7)25(21(34)17-28)22(39)15-24-30(5)16-20(18-37)26(40)29(3,4)23(30)9-10-31(24,32)6/h15-16,21,23,25H,9-14,17,19H2,1-8H3,(H,38,41)/t21-,23?,25-,30-,31+,32+,34+/m0/s1. The summed E-state index contributed by atoms with van der Waals surface area (Å²) in [6, 6.07) is 2.15. The van der Waals surface area contributed by atoms with Gasteiger partial charge >= 0.3 is 5.92 Å². The van der Waals surface area contributed by atoms with Crippen LogP contribution in [-0.2, 0) is 14.4 Å². The van der Waals surface area contributed by atoms with E-state index in [9.17, 15) is 28.4 Å². The first-order chi connectivity index (χ1) is 18.7. The number of carbonyl (C=O) groups excluding carboxylic acids is 3. The lowest BCUT2D eigenvalue weighted by atomic mass is 9.34. The van der Waals surface area contributed by atoms with Crippen LogP contribution in [0.15, 0.2) is 23.3 Å². The van der Waals surface area contributed by atoms with E-state index < -0.39 is 28.1 Å². The molecule has 5 aliphatic rings. The van der Waals surface area contributed by atoms with Gasteiger partial charge in [-0.05, 0) is 84.5 Å². The molecule has 1 N–H and O–H groups in total. The molecule has 1 amide bonds. The molecule has 41 heavy (non-hydrogen) atoms. The molecule has 0 aliphatic heterocycles. The van der Waals surface area contributed by atoms with Crippen LogP contribution < -0.4 is 5.32 Å². The zero-order valence-corrected chi connectivity index (χ0v) is 26.0. The van der Waals surface area contributed by atoms with Crippen molar-refractivity contribution in [2.24, 2.45) is 50.2 Å². The first-order valence-electron chi connectivity index (χ1n) is 15.3. The van der Waals surface area contributed by atoms with Gasteiger partial charge in [-0.25, -0.2) is 0 Å². The van der Waals surface area contributed by atoms with Crippen LogP contribution in [-0.4, -0.2) is 29.9 Å². The van der Waals surface area contributed by atoms with Gasteiger partial charge in [0.2, 0.25) is 0 Å².